The van der Waals surface area contributed by atoms with Gasteiger partial charge in [0.2, 0.25) is 0 Å². The molecule has 1 amide bonds. The van der Waals surface area contributed by atoms with E-state index in [0.717, 1.165) is 35.5 Å². The lowest BCUT2D eigenvalue weighted by atomic mass is 9.93. The lowest BCUT2D eigenvalue weighted by Gasteiger charge is -2.35. The van der Waals surface area contributed by atoms with E-state index in [1.54, 1.807) is 19.2 Å². The van der Waals surface area contributed by atoms with E-state index in [1.807, 2.05) is 60.7 Å². The molecule has 2 aliphatic heterocycles. The maximum atomic E-state index is 13.2. The Bertz CT molecular complexity index is 1210. The van der Waals surface area contributed by atoms with E-state index < -0.39 is 0 Å². The Hall–Kier alpha value is -3.68. The Kier molecular flexibility index (Phi) is 7.30. The van der Waals surface area contributed by atoms with Gasteiger partial charge in [-0.3, -0.25) is 9.69 Å². The molecule has 1 saturated heterocycles. The first-order valence-electron chi connectivity index (χ1n) is 12.2. The van der Waals surface area contributed by atoms with Crippen molar-refractivity contribution in [3.63, 3.8) is 0 Å². The third-order valence-electron chi connectivity index (χ3n) is 6.86. The number of ether oxygens (including phenoxy) is 3. The van der Waals surface area contributed by atoms with Crippen molar-refractivity contribution in [2.45, 2.75) is 18.6 Å². The summed E-state index contributed by atoms with van der Waals surface area (Å²) >= 11 is 0. The van der Waals surface area contributed by atoms with Gasteiger partial charge in [0.05, 0.1) is 31.9 Å². The number of carbonyl (C=O) groups is 2. The van der Waals surface area contributed by atoms with Crippen molar-refractivity contribution in [2.75, 3.05) is 40.0 Å². The van der Waals surface area contributed by atoms with E-state index in [4.69, 9.17) is 14.2 Å². The van der Waals surface area contributed by atoms with Crippen LogP contribution in [0.1, 0.15) is 49.6 Å². The van der Waals surface area contributed by atoms with Gasteiger partial charge in [0, 0.05) is 31.6 Å². The van der Waals surface area contributed by atoms with Crippen LogP contribution in [0.4, 0.5) is 0 Å². The van der Waals surface area contributed by atoms with Crippen LogP contribution >= 0.6 is 0 Å². The highest BCUT2D eigenvalue weighted by Gasteiger charge is 2.29. The highest BCUT2D eigenvalue weighted by atomic mass is 16.5. The first kappa shape index (κ1) is 24.0. The molecule has 7 heteroatoms. The number of carbonyl (C=O) groups excluding carboxylic acids is 2. The van der Waals surface area contributed by atoms with Gasteiger partial charge in [0.15, 0.2) is 0 Å². The summed E-state index contributed by atoms with van der Waals surface area (Å²) in [5, 5.41) is 3.12. The second kappa shape index (κ2) is 10.9. The van der Waals surface area contributed by atoms with Crippen LogP contribution < -0.4 is 10.1 Å². The minimum atomic E-state index is -0.357. The molecular weight excluding hydrogens is 456 g/mol. The summed E-state index contributed by atoms with van der Waals surface area (Å²) in [5.74, 6) is 0.272. The molecule has 3 aromatic carbocycles. The molecule has 0 aliphatic carbocycles. The molecule has 1 N–H and O–H groups in total. The monoisotopic (exact) mass is 486 g/mol. The molecule has 0 aromatic heterocycles. The number of nitrogens with one attached hydrogen (secondary N) is 1. The molecule has 186 valence electrons. The highest BCUT2D eigenvalue weighted by Crippen LogP contribution is 2.31. The predicted molar refractivity (Wildman–Crippen MR) is 135 cm³/mol. The van der Waals surface area contributed by atoms with Gasteiger partial charge in [-0.25, -0.2) is 4.79 Å². The SMILES string of the molecule is COc1ccc([C@H](CNC(=O)c2ccc3c(c2)C[C@H](c2ccccc2)OC3=O)N2CCOCC2)cc1. The molecule has 2 aliphatic rings. The molecule has 5 rings (SSSR count). The molecule has 1 fully saturated rings. The van der Waals surface area contributed by atoms with Crippen molar-refractivity contribution in [2.24, 2.45) is 0 Å². The standard InChI is InChI=1S/C29H30N2O5/c1-34-24-10-7-20(8-11-24)26(31-13-15-35-16-14-31)19-30-28(32)22-9-12-25-23(17-22)18-27(36-29(25)33)21-5-3-2-4-6-21/h2-12,17,26-27H,13-16,18-19H2,1H3,(H,30,32)/t26-,27+/m0/s1. The van der Waals surface area contributed by atoms with E-state index in [1.165, 1.54) is 0 Å². The maximum absolute atomic E-state index is 13.2. The number of amides is 1. The molecule has 2 heterocycles. The van der Waals surface area contributed by atoms with Crippen LogP contribution in [0, 0.1) is 0 Å². The largest absolute Gasteiger partial charge is 0.497 e. The second-order valence-electron chi connectivity index (χ2n) is 9.03. The van der Waals surface area contributed by atoms with E-state index in [9.17, 15) is 9.59 Å². The van der Waals surface area contributed by atoms with Crippen LogP contribution in [0.3, 0.4) is 0 Å². The lowest BCUT2D eigenvalue weighted by Crippen LogP contribution is -2.43. The van der Waals surface area contributed by atoms with E-state index >= 15 is 0 Å². The summed E-state index contributed by atoms with van der Waals surface area (Å²) in [6.45, 7) is 3.40. The summed E-state index contributed by atoms with van der Waals surface area (Å²) in [7, 11) is 1.65. The zero-order valence-corrected chi connectivity index (χ0v) is 20.3. The molecule has 0 saturated carbocycles. The van der Waals surface area contributed by atoms with Crippen molar-refractivity contribution < 1.29 is 23.8 Å². The Labute approximate surface area is 211 Å². The minimum absolute atomic E-state index is 0.0128. The van der Waals surface area contributed by atoms with Gasteiger partial charge in [-0.05, 0) is 47.0 Å². The summed E-state index contributed by atoms with van der Waals surface area (Å²) in [5.41, 5.74) is 3.93. The molecular formula is C29H30N2O5. The van der Waals surface area contributed by atoms with Crippen molar-refractivity contribution in [1.82, 2.24) is 10.2 Å². The van der Waals surface area contributed by atoms with E-state index in [-0.39, 0.29) is 24.0 Å². The predicted octanol–water partition coefficient (Wildman–Crippen LogP) is 3.95. The molecule has 3 aromatic rings. The van der Waals surface area contributed by atoms with Gasteiger partial charge in [-0.2, -0.15) is 0 Å². The normalized spacial score (nSPS) is 18.6. The van der Waals surface area contributed by atoms with Crippen LogP contribution in [-0.2, 0) is 15.9 Å². The minimum Gasteiger partial charge on any atom is -0.497 e. The molecule has 0 radical (unpaired) electrons. The van der Waals surface area contributed by atoms with Crippen molar-refractivity contribution in [1.29, 1.82) is 0 Å². The van der Waals surface area contributed by atoms with Crippen LogP contribution in [0.5, 0.6) is 5.75 Å². The highest BCUT2D eigenvalue weighted by molar-refractivity contribution is 5.97. The van der Waals surface area contributed by atoms with Crippen LogP contribution in [0.15, 0.2) is 72.8 Å². The fourth-order valence-electron chi connectivity index (χ4n) is 4.86. The summed E-state index contributed by atoms with van der Waals surface area (Å²) < 4.78 is 16.5. The number of hydrogen-bond acceptors (Lipinski definition) is 6. The number of hydrogen-bond donors (Lipinski definition) is 1. The zero-order valence-electron chi connectivity index (χ0n) is 20.3. The van der Waals surface area contributed by atoms with Crippen LogP contribution in [0.2, 0.25) is 0 Å². The number of methoxy groups -OCH3 is 1. The molecule has 2 atom stereocenters. The third kappa shape index (κ3) is 5.27. The number of esters is 1. The second-order valence-corrected chi connectivity index (χ2v) is 9.03. The quantitative estimate of drug-likeness (QED) is 0.510. The number of fused-ring (bicyclic) bond motifs is 1. The van der Waals surface area contributed by atoms with Gasteiger partial charge in [-0.15, -0.1) is 0 Å². The van der Waals surface area contributed by atoms with Gasteiger partial charge >= 0.3 is 5.97 Å². The Morgan fingerprint density at radius 1 is 1.06 bits per heavy atom. The average molecular weight is 487 g/mol. The summed E-state index contributed by atoms with van der Waals surface area (Å²) in [4.78, 5) is 28.1. The first-order chi connectivity index (χ1) is 17.6. The van der Waals surface area contributed by atoms with Crippen molar-refractivity contribution in [3.05, 3.63) is 101 Å². The van der Waals surface area contributed by atoms with Gasteiger partial charge in [0.1, 0.15) is 11.9 Å². The first-order valence-corrected chi connectivity index (χ1v) is 12.2. The lowest BCUT2D eigenvalue weighted by molar-refractivity contribution is 0.0162. The smallest absolute Gasteiger partial charge is 0.339 e. The third-order valence-corrected chi connectivity index (χ3v) is 6.86. The Morgan fingerprint density at radius 2 is 1.81 bits per heavy atom. The van der Waals surface area contributed by atoms with Gasteiger partial charge < -0.3 is 19.5 Å². The molecule has 36 heavy (non-hydrogen) atoms. The fraction of sp³-hybridized carbons (Fsp3) is 0.310. The zero-order chi connectivity index (χ0) is 24.9. The summed E-state index contributed by atoms with van der Waals surface area (Å²) in [6, 6.07) is 22.9. The van der Waals surface area contributed by atoms with Gasteiger partial charge in [0.25, 0.3) is 5.91 Å². The number of benzene rings is 3. The van der Waals surface area contributed by atoms with E-state index in [2.05, 4.69) is 10.2 Å². The molecule has 7 nitrogen and oxygen atoms in total. The van der Waals surface area contributed by atoms with Crippen molar-refractivity contribution >= 4 is 11.9 Å². The van der Waals surface area contributed by atoms with Gasteiger partial charge in [-0.1, -0.05) is 42.5 Å². The number of morpholine rings is 1. The topological polar surface area (TPSA) is 77.1 Å². The summed E-state index contributed by atoms with van der Waals surface area (Å²) in [6.07, 6.45) is 0.180. The molecule has 0 unspecified atom stereocenters. The van der Waals surface area contributed by atoms with Crippen LogP contribution in [-0.4, -0.2) is 56.7 Å². The average Bonchev–Trinajstić information content (AvgIpc) is 2.94. The number of nitrogens with zero attached hydrogens (tertiary/aromatic N) is 1. The molecule has 0 spiro atoms. The fourth-order valence-corrected chi connectivity index (χ4v) is 4.86. The molecule has 0 bridgehead atoms. The van der Waals surface area contributed by atoms with Crippen molar-refractivity contribution in [3.8, 4) is 5.75 Å². The van der Waals surface area contributed by atoms with E-state index in [0.29, 0.717) is 37.3 Å². The maximum Gasteiger partial charge on any atom is 0.339 e. The Morgan fingerprint density at radius 3 is 2.53 bits per heavy atom. The van der Waals surface area contributed by atoms with Crippen LogP contribution in [0.25, 0.3) is 0 Å². The number of cyclic esters (lactones) is 1. The Balaban J connectivity index is 1.31. The number of rotatable bonds is 7.